The molecule has 1 aliphatic heterocycles. The average Bonchev–Trinajstić information content (AvgIpc) is 3.44. The van der Waals surface area contributed by atoms with E-state index in [9.17, 15) is 10.4 Å². The first-order valence-electron chi connectivity index (χ1n) is 9.67. The number of nitriles is 1. The van der Waals surface area contributed by atoms with Crippen LogP contribution in [0.1, 0.15) is 34.2 Å². The van der Waals surface area contributed by atoms with E-state index >= 15 is 0 Å². The third-order valence-corrected chi connectivity index (χ3v) is 5.13. The fourth-order valence-electron chi connectivity index (χ4n) is 3.58. The largest absolute Gasteiger partial charge is 0.388 e. The van der Waals surface area contributed by atoms with Gasteiger partial charge in [0, 0.05) is 17.2 Å². The number of benzene rings is 2. The maximum Gasteiger partial charge on any atom is 0.205 e. The normalized spacial score (nSPS) is 14.4. The van der Waals surface area contributed by atoms with Gasteiger partial charge in [0.2, 0.25) is 5.82 Å². The Balaban J connectivity index is 1.49. The summed E-state index contributed by atoms with van der Waals surface area (Å²) in [4.78, 5) is 0. The van der Waals surface area contributed by atoms with Gasteiger partial charge >= 0.3 is 0 Å². The molecule has 9 heteroatoms. The first-order valence-corrected chi connectivity index (χ1v) is 9.67. The van der Waals surface area contributed by atoms with Gasteiger partial charge in [-0.15, -0.1) is 10.2 Å². The highest BCUT2D eigenvalue weighted by molar-refractivity contribution is 5.67. The number of ether oxygens (including phenoxy) is 1. The van der Waals surface area contributed by atoms with Gasteiger partial charge in [-0.05, 0) is 24.1 Å². The first-order chi connectivity index (χ1) is 15.2. The third-order valence-electron chi connectivity index (χ3n) is 5.13. The van der Waals surface area contributed by atoms with E-state index in [1.54, 1.807) is 10.7 Å². The number of nitrogens with one attached hydrogen (secondary N) is 1. The molecule has 1 atom stereocenters. The molecule has 5 rings (SSSR count). The van der Waals surface area contributed by atoms with E-state index in [0.29, 0.717) is 28.7 Å². The second kappa shape index (κ2) is 7.68. The van der Waals surface area contributed by atoms with Gasteiger partial charge in [0.25, 0.3) is 0 Å². The van der Waals surface area contributed by atoms with E-state index in [4.69, 9.17) is 9.26 Å². The molecular formula is C22H18N6O3. The Bertz CT molecular complexity index is 1300. The highest BCUT2D eigenvalue weighted by atomic mass is 16.5. The lowest BCUT2D eigenvalue weighted by molar-refractivity contribution is 0.0487. The maximum absolute atomic E-state index is 9.45. The lowest BCUT2D eigenvalue weighted by Gasteiger charge is -2.29. The summed E-state index contributed by atoms with van der Waals surface area (Å²) >= 11 is 0. The number of aliphatic hydroxyl groups excluding tert-OH is 1. The molecule has 1 unspecified atom stereocenters. The predicted octanol–water partition coefficient (Wildman–Crippen LogP) is 3.05. The number of hydrogen-bond donors (Lipinski definition) is 2. The first kappa shape index (κ1) is 19.0. The van der Waals surface area contributed by atoms with Crippen LogP contribution in [-0.2, 0) is 18.0 Å². The quantitative estimate of drug-likeness (QED) is 0.511. The SMILES string of the molecule is Cc1ccc(COC2Nn3c(-c4cc(CO)on4)nnc3-c3ccccc32)c(C#N)c1. The smallest absolute Gasteiger partial charge is 0.205 e. The van der Waals surface area contributed by atoms with Crippen molar-refractivity contribution in [3.63, 3.8) is 0 Å². The number of nitrogens with zero attached hydrogens (tertiary/aromatic N) is 5. The van der Waals surface area contributed by atoms with Crippen LogP contribution in [0.3, 0.4) is 0 Å². The Kier molecular flexibility index (Phi) is 4.71. The molecule has 2 aromatic heterocycles. The van der Waals surface area contributed by atoms with Crippen LogP contribution in [0, 0.1) is 18.3 Å². The predicted molar refractivity (Wildman–Crippen MR) is 110 cm³/mol. The number of rotatable bonds is 5. The van der Waals surface area contributed by atoms with Gasteiger partial charge in [-0.1, -0.05) is 41.6 Å². The maximum atomic E-state index is 9.45. The Morgan fingerprint density at radius 3 is 2.84 bits per heavy atom. The number of fused-ring (bicyclic) bond motifs is 3. The summed E-state index contributed by atoms with van der Waals surface area (Å²) in [5, 5.41) is 31.2. The molecule has 154 valence electrons. The third kappa shape index (κ3) is 3.34. The molecule has 0 bridgehead atoms. The van der Waals surface area contributed by atoms with E-state index in [2.05, 4.69) is 26.8 Å². The van der Waals surface area contributed by atoms with E-state index in [-0.39, 0.29) is 13.2 Å². The minimum Gasteiger partial charge on any atom is -0.388 e. The summed E-state index contributed by atoms with van der Waals surface area (Å²) in [6.45, 7) is 1.94. The highest BCUT2D eigenvalue weighted by Gasteiger charge is 2.29. The van der Waals surface area contributed by atoms with Gasteiger partial charge < -0.3 is 14.4 Å². The zero-order valence-corrected chi connectivity index (χ0v) is 16.6. The molecule has 1 aliphatic rings. The van der Waals surface area contributed by atoms with E-state index in [1.165, 1.54) is 0 Å². The second-order valence-corrected chi connectivity index (χ2v) is 7.20. The number of aliphatic hydroxyl groups is 1. The van der Waals surface area contributed by atoms with Gasteiger partial charge in [-0.25, -0.2) is 4.68 Å². The number of aromatic nitrogens is 4. The van der Waals surface area contributed by atoms with E-state index < -0.39 is 6.23 Å². The summed E-state index contributed by atoms with van der Waals surface area (Å²) in [5.74, 6) is 1.39. The summed E-state index contributed by atoms with van der Waals surface area (Å²) in [6.07, 6.45) is -0.504. The van der Waals surface area contributed by atoms with Crippen molar-refractivity contribution in [3.05, 3.63) is 76.5 Å². The van der Waals surface area contributed by atoms with Crippen molar-refractivity contribution in [2.45, 2.75) is 26.4 Å². The van der Waals surface area contributed by atoms with Crippen LogP contribution >= 0.6 is 0 Å². The summed E-state index contributed by atoms with van der Waals surface area (Å²) < 4.78 is 13.0. The topological polar surface area (TPSA) is 122 Å². The van der Waals surface area contributed by atoms with Gasteiger partial charge in [0.15, 0.2) is 23.5 Å². The molecule has 3 heterocycles. The van der Waals surface area contributed by atoms with E-state index in [1.807, 2.05) is 49.4 Å². The van der Waals surface area contributed by atoms with Gasteiger partial charge in [-0.2, -0.15) is 5.26 Å². The molecule has 31 heavy (non-hydrogen) atoms. The van der Waals surface area contributed by atoms with Crippen molar-refractivity contribution >= 4 is 0 Å². The Labute approximate surface area is 177 Å². The second-order valence-electron chi connectivity index (χ2n) is 7.20. The van der Waals surface area contributed by atoms with Crippen LogP contribution in [0.5, 0.6) is 0 Å². The average molecular weight is 414 g/mol. The molecular weight excluding hydrogens is 396 g/mol. The van der Waals surface area contributed by atoms with E-state index in [0.717, 1.165) is 22.3 Å². The number of hydrogen-bond acceptors (Lipinski definition) is 8. The van der Waals surface area contributed by atoms with Crippen molar-refractivity contribution in [1.82, 2.24) is 20.0 Å². The zero-order valence-electron chi connectivity index (χ0n) is 16.6. The van der Waals surface area contributed by atoms with Crippen LogP contribution < -0.4 is 5.43 Å². The molecule has 2 N–H and O–H groups in total. The molecule has 4 aromatic rings. The molecule has 0 fully saturated rings. The minimum absolute atomic E-state index is 0.251. The molecule has 0 saturated heterocycles. The van der Waals surface area contributed by atoms with Crippen molar-refractivity contribution < 1.29 is 14.4 Å². The Morgan fingerprint density at radius 2 is 2.03 bits per heavy atom. The van der Waals surface area contributed by atoms with Gasteiger partial charge in [-0.3, -0.25) is 5.43 Å². The van der Waals surface area contributed by atoms with Crippen molar-refractivity contribution in [3.8, 4) is 29.0 Å². The monoisotopic (exact) mass is 414 g/mol. The standard InChI is InChI=1S/C22H18N6O3/c1-13-6-7-14(15(8-13)10-23)12-30-22-18-5-3-2-4-17(18)20-24-25-21(28(20)26-22)19-9-16(11-29)31-27-19/h2-9,22,26,29H,11-12H2,1H3. The van der Waals surface area contributed by atoms with Crippen LogP contribution in [0.25, 0.3) is 22.9 Å². The van der Waals surface area contributed by atoms with Crippen molar-refractivity contribution in [2.75, 3.05) is 5.43 Å². The fraction of sp³-hybridized carbons (Fsp3) is 0.182. The molecule has 2 aromatic carbocycles. The highest BCUT2D eigenvalue weighted by Crippen LogP contribution is 2.35. The van der Waals surface area contributed by atoms with Crippen LogP contribution in [0.15, 0.2) is 53.1 Å². The molecule has 0 aliphatic carbocycles. The summed E-state index contributed by atoms with van der Waals surface area (Å²) in [7, 11) is 0. The molecule has 9 nitrogen and oxygen atoms in total. The minimum atomic E-state index is -0.504. The van der Waals surface area contributed by atoms with Crippen LogP contribution in [-0.4, -0.2) is 25.1 Å². The fourth-order valence-corrected chi connectivity index (χ4v) is 3.58. The number of aryl methyl sites for hydroxylation is 1. The van der Waals surface area contributed by atoms with Gasteiger partial charge in [0.1, 0.15) is 6.61 Å². The molecule has 0 saturated carbocycles. The Morgan fingerprint density at radius 1 is 1.19 bits per heavy atom. The van der Waals surface area contributed by atoms with Gasteiger partial charge in [0.05, 0.1) is 18.2 Å². The summed E-state index contributed by atoms with van der Waals surface area (Å²) in [5.41, 5.74) is 7.95. The van der Waals surface area contributed by atoms with Crippen LogP contribution in [0.4, 0.5) is 0 Å². The summed E-state index contributed by atoms with van der Waals surface area (Å²) in [6, 6.07) is 17.3. The van der Waals surface area contributed by atoms with Crippen molar-refractivity contribution in [1.29, 1.82) is 5.26 Å². The lowest BCUT2D eigenvalue weighted by atomic mass is 10.0. The zero-order chi connectivity index (χ0) is 21.4. The Hall–Kier alpha value is -4.00. The van der Waals surface area contributed by atoms with Crippen LogP contribution in [0.2, 0.25) is 0 Å². The molecule has 0 amide bonds. The van der Waals surface area contributed by atoms with Crippen molar-refractivity contribution in [2.24, 2.45) is 0 Å². The molecule has 0 spiro atoms. The lowest BCUT2D eigenvalue weighted by Crippen LogP contribution is -2.29. The molecule has 0 radical (unpaired) electrons.